The average Bonchev–Trinajstić information content (AvgIpc) is 1.85. The number of hydrogen-bond acceptors (Lipinski definition) is 1. The van der Waals surface area contributed by atoms with Crippen LogP contribution in [0.15, 0.2) is 4.79 Å². The summed E-state index contributed by atoms with van der Waals surface area (Å²) in [7, 11) is 0. The van der Waals surface area contributed by atoms with Gasteiger partial charge in [-0.2, -0.15) is 8.78 Å². The third-order valence-corrected chi connectivity index (χ3v) is 0.639. The standard InChI is InChI=1S/C3H2F2N2O/c4-1-2(5)7-3(8)6-1/h(H2,6,7,8). The summed E-state index contributed by atoms with van der Waals surface area (Å²) in [6.45, 7) is 0. The monoisotopic (exact) mass is 120 g/mol. The van der Waals surface area contributed by atoms with Gasteiger partial charge in [-0.15, -0.1) is 0 Å². The summed E-state index contributed by atoms with van der Waals surface area (Å²) in [5.41, 5.74) is -0.875. The zero-order valence-electron chi connectivity index (χ0n) is 3.66. The molecule has 1 heterocycles. The molecule has 1 aromatic rings. The lowest BCUT2D eigenvalue weighted by Crippen LogP contribution is -2.00. The van der Waals surface area contributed by atoms with Crippen LogP contribution >= 0.6 is 0 Å². The molecule has 0 amide bonds. The largest absolute Gasteiger partial charge is 0.327 e. The van der Waals surface area contributed by atoms with Gasteiger partial charge >= 0.3 is 5.69 Å². The van der Waals surface area contributed by atoms with Crippen molar-refractivity contribution in [3.63, 3.8) is 0 Å². The second-order valence-corrected chi connectivity index (χ2v) is 1.21. The molecule has 2 N–H and O–H groups in total. The van der Waals surface area contributed by atoms with Crippen molar-refractivity contribution in [1.29, 1.82) is 0 Å². The Kier molecular flexibility index (Phi) is 0.896. The zero-order chi connectivity index (χ0) is 6.15. The normalized spacial score (nSPS) is 9.75. The summed E-state index contributed by atoms with van der Waals surface area (Å²) in [5.74, 6) is -2.51. The third kappa shape index (κ3) is 0.617. The summed E-state index contributed by atoms with van der Waals surface area (Å²) < 4.78 is 23.4. The van der Waals surface area contributed by atoms with Gasteiger partial charge in [0.05, 0.1) is 0 Å². The highest BCUT2D eigenvalue weighted by Gasteiger charge is 2.01. The summed E-state index contributed by atoms with van der Waals surface area (Å²) in [6.07, 6.45) is 0. The average molecular weight is 120 g/mol. The van der Waals surface area contributed by atoms with Gasteiger partial charge in [0.25, 0.3) is 0 Å². The fraction of sp³-hybridized carbons (Fsp3) is 0. The van der Waals surface area contributed by atoms with Crippen LogP contribution in [-0.4, -0.2) is 9.97 Å². The van der Waals surface area contributed by atoms with Crippen LogP contribution < -0.4 is 5.69 Å². The molecule has 0 aliphatic rings. The van der Waals surface area contributed by atoms with Gasteiger partial charge in [-0.05, 0) is 0 Å². The Balaban J connectivity index is 3.35. The number of imidazole rings is 1. The lowest BCUT2D eigenvalue weighted by Gasteiger charge is -1.70. The van der Waals surface area contributed by atoms with Crippen LogP contribution in [0.3, 0.4) is 0 Å². The molecule has 0 aliphatic heterocycles. The van der Waals surface area contributed by atoms with Gasteiger partial charge < -0.3 is 0 Å². The molecule has 0 fully saturated rings. The molecule has 5 heteroatoms. The minimum absolute atomic E-state index is 0.875. The van der Waals surface area contributed by atoms with E-state index in [0.717, 1.165) is 0 Å². The van der Waals surface area contributed by atoms with Crippen molar-refractivity contribution in [2.45, 2.75) is 0 Å². The lowest BCUT2D eigenvalue weighted by atomic mass is 10.9. The van der Waals surface area contributed by atoms with Crippen LogP contribution in [0.5, 0.6) is 0 Å². The fourth-order valence-corrected chi connectivity index (χ4v) is 0.340. The number of rotatable bonds is 0. The predicted octanol–water partition coefficient (Wildman–Crippen LogP) is -0.0188. The van der Waals surface area contributed by atoms with E-state index < -0.39 is 17.6 Å². The van der Waals surface area contributed by atoms with Crippen molar-refractivity contribution < 1.29 is 8.78 Å². The highest BCUT2D eigenvalue weighted by Crippen LogP contribution is 1.90. The molecule has 0 atom stereocenters. The van der Waals surface area contributed by atoms with Crippen molar-refractivity contribution in [3.8, 4) is 0 Å². The highest BCUT2D eigenvalue weighted by atomic mass is 19.2. The Morgan fingerprint density at radius 1 is 1.12 bits per heavy atom. The van der Waals surface area contributed by atoms with E-state index in [1.807, 2.05) is 0 Å². The van der Waals surface area contributed by atoms with Gasteiger partial charge in [-0.1, -0.05) is 0 Å². The molecular formula is C3H2F2N2O. The quantitative estimate of drug-likeness (QED) is 0.496. The van der Waals surface area contributed by atoms with E-state index in [4.69, 9.17) is 0 Å². The summed E-state index contributed by atoms with van der Waals surface area (Å²) in [5, 5.41) is 0. The topological polar surface area (TPSA) is 48.6 Å². The van der Waals surface area contributed by atoms with Crippen molar-refractivity contribution >= 4 is 0 Å². The van der Waals surface area contributed by atoms with E-state index in [-0.39, 0.29) is 0 Å². The van der Waals surface area contributed by atoms with Crippen LogP contribution in [0, 0.1) is 11.9 Å². The first kappa shape index (κ1) is 5.02. The maximum absolute atomic E-state index is 11.7. The van der Waals surface area contributed by atoms with E-state index in [0.29, 0.717) is 0 Å². The number of aromatic amines is 2. The first-order chi connectivity index (χ1) is 3.70. The van der Waals surface area contributed by atoms with E-state index in [2.05, 4.69) is 0 Å². The molecular weight excluding hydrogens is 118 g/mol. The molecule has 8 heavy (non-hydrogen) atoms. The number of halogens is 2. The molecule has 0 saturated heterocycles. The van der Waals surface area contributed by atoms with Crippen molar-refractivity contribution in [2.75, 3.05) is 0 Å². The van der Waals surface area contributed by atoms with Crippen molar-refractivity contribution in [1.82, 2.24) is 9.97 Å². The maximum atomic E-state index is 11.7. The van der Waals surface area contributed by atoms with Gasteiger partial charge in [-0.25, -0.2) is 4.79 Å². The molecule has 0 radical (unpaired) electrons. The second-order valence-electron chi connectivity index (χ2n) is 1.21. The van der Waals surface area contributed by atoms with Crippen molar-refractivity contribution in [2.24, 2.45) is 0 Å². The highest BCUT2D eigenvalue weighted by molar-refractivity contribution is 4.77. The predicted molar refractivity (Wildman–Crippen MR) is 21.3 cm³/mol. The summed E-state index contributed by atoms with van der Waals surface area (Å²) in [6, 6.07) is 0. The Morgan fingerprint density at radius 2 is 1.50 bits per heavy atom. The minimum atomic E-state index is -1.25. The SMILES string of the molecule is O=c1[nH]c(F)c(F)[nH]1. The molecule has 1 rings (SSSR count). The van der Waals surface area contributed by atoms with Gasteiger partial charge in [0.1, 0.15) is 0 Å². The summed E-state index contributed by atoms with van der Waals surface area (Å²) >= 11 is 0. The molecule has 0 unspecified atom stereocenters. The molecule has 0 aromatic carbocycles. The minimum Gasteiger partial charge on any atom is -0.280 e. The maximum Gasteiger partial charge on any atom is 0.327 e. The van der Waals surface area contributed by atoms with Gasteiger partial charge in [0.2, 0.25) is 11.9 Å². The van der Waals surface area contributed by atoms with E-state index in [1.54, 1.807) is 9.97 Å². The summed E-state index contributed by atoms with van der Waals surface area (Å²) in [4.78, 5) is 13.0. The van der Waals surface area contributed by atoms with Crippen LogP contribution in [0.25, 0.3) is 0 Å². The van der Waals surface area contributed by atoms with Crippen LogP contribution in [0.4, 0.5) is 8.78 Å². The fourth-order valence-electron chi connectivity index (χ4n) is 0.340. The zero-order valence-corrected chi connectivity index (χ0v) is 3.66. The second kappa shape index (κ2) is 1.43. The smallest absolute Gasteiger partial charge is 0.280 e. The lowest BCUT2D eigenvalue weighted by molar-refractivity contribution is 0.475. The molecule has 3 nitrogen and oxygen atoms in total. The van der Waals surface area contributed by atoms with Crippen LogP contribution in [-0.2, 0) is 0 Å². The number of H-pyrrole nitrogens is 2. The molecule has 44 valence electrons. The van der Waals surface area contributed by atoms with Gasteiger partial charge in [-0.3, -0.25) is 9.97 Å². The molecule has 0 aliphatic carbocycles. The van der Waals surface area contributed by atoms with Gasteiger partial charge in [0, 0.05) is 0 Å². The van der Waals surface area contributed by atoms with E-state index in [9.17, 15) is 13.6 Å². The Hall–Kier alpha value is -1.13. The number of nitrogens with one attached hydrogen (secondary N) is 2. The Morgan fingerprint density at radius 3 is 1.62 bits per heavy atom. The molecule has 0 saturated carbocycles. The first-order valence-corrected chi connectivity index (χ1v) is 1.83. The van der Waals surface area contributed by atoms with E-state index >= 15 is 0 Å². The third-order valence-electron chi connectivity index (χ3n) is 0.639. The number of hydrogen-bond donors (Lipinski definition) is 2. The Bertz CT molecular complexity index is 215. The van der Waals surface area contributed by atoms with Crippen molar-refractivity contribution in [3.05, 3.63) is 22.4 Å². The Labute approximate surface area is 42.4 Å². The van der Waals surface area contributed by atoms with Crippen LogP contribution in [0.1, 0.15) is 0 Å². The molecule has 1 aromatic heterocycles. The molecule has 0 spiro atoms. The van der Waals surface area contributed by atoms with Crippen LogP contribution in [0.2, 0.25) is 0 Å². The molecule has 0 bridgehead atoms. The first-order valence-electron chi connectivity index (χ1n) is 1.83. The number of aromatic nitrogens is 2. The van der Waals surface area contributed by atoms with E-state index in [1.165, 1.54) is 0 Å². The van der Waals surface area contributed by atoms with Gasteiger partial charge in [0.15, 0.2) is 0 Å².